The molecule has 4 nitrogen and oxygen atoms in total. The summed E-state index contributed by atoms with van der Waals surface area (Å²) in [6, 6.07) is 10.6. The molecule has 1 atom stereocenters. The van der Waals surface area contributed by atoms with Crippen molar-refractivity contribution < 1.29 is 18.0 Å². The van der Waals surface area contributed by atoms with Crippen molar-refractivity contribution in [3.8, 4) is 11.3 Å². The topological polar surface area (TPSA) is 46.1 Å². The highest BCUT2D eigenvalue weighted by Crippen LogP contribution is 2.33. The Morgan fingerprint density at radius 1 is 1.20 bits per heavy atom. The number of alkyl halides is 3. The summed E-state index contributed by atoms with van der Waals surface area (Å²) in [5, 5.41) is 0. The van der Waals surface area contributed by atoms with Gasteiger partial charge in [-0.05, 0) is 44.0 Å². The Labute approximate surface area is 176 Å². The molecule has 2 aromatic heterocycles. The number of piperidine rings is 1. The number of likely N-dealkylation sites (tertiary alicyclic amines) is 1. The van der Waals surface area contributed by atoms with Crippen molar-refractivity contribution in [3.05, 3.63) is 69.8 Å². The van der Waals surface area contributed by atoms with Crippen LogP contribution in [0.4, 0.5) is 13.2 Å². The minimum atomic E-state index is -4.40. The summed E-state index contributed by atoms with van der Waals surface area (Å²) in [5.74, 6) is 0.0235. The number of aryl methyl sites for hydroxylation is 1. The number of aromatic nitrogens is 2. The van der Waals surface area contributed by atoms with Gasteiger partial charge in [0.25, 0.3) is 5.91 Å². The molecule has 1 aliphatic rings. The minimum Gasteiger partial charge on any atom is -0.337 e. The van der Waals surface area contributed by atoms with Gasteiger partial charge in [0.1, 0.15) is 4.88 Å². The maximum absolute atomic E-state index is 13.1. The molecule has 4 rings (SSSR count). The van der Waals surface area contributed by atoms with E-state index < -0.39 is 11.7 Å². The summed E-state index contributed by atoms with van der Waals surface area (Å²) in [6.45, 7) is 3.04. The van der Waals surface area contributed by atoms with Crippen LogP contribution < -0.4 is 0 Å². The van der Waals surface area contributed by atoms with Gasteiger partial charge < -0.3 is 4.90 Å². The van der Waals surface area contributed by atoms with Gasteiger partial charge in [-0.3, -0.25) is 9.78 Å². The fraction of sp³-hybridized carbons (Fsp3) is 0.318. The highest BCUT2D eigenvalue weighted by Gasteiger charge is 2.31. The normalized spacial score (nSPS) is 17.2. The number of pyridine rings is 1. The third-order valence-corrected chi connectivity index (χ3v) is 6.24. The van der Waals surface area contributed by atoms with Crippen molar-refractivity contribution in [1.29, 1.82) is 0 Å². The lowest BCUT2D eigenvalue weighted by Crippen LogP contribution is -2.39. The van der Waals surface area contributed by atoms with E-state index in [0.717, 1.165) is 36.4 Å². The highest BCUT2D eigenvalue weighted by molar-refractivity contribution is 7.11. The number of hydrogen-bond donors (Lipinski definition) is 0. The summed E-state index contributed by atoms with van der Waals surface area (Å²) in [7, 11) is 0. The molecule has 1 saturated heterocycles. The maximum atomic E-state index is 13.1. The standard InChI is InChI=1S/C22H20F3N3OS/c1-14-20(30-13-26-14)21(29)28-10-4-6-16(12-28)19-9-3-8-18(27-19)15-5-2-7-17(11-15)22(23,24)25/h2-3,5,7-9,11,13,16H,4,6,10,12H2,1H3/t16-/m0/s1. The monoisotopic (exact) mass is 431 g/mol. The fourth-order valence-electron chi connectivity index (χ4n) is 3.75. The quantitative estimate of drug-likeness (QED) is 0.546. The number of hydrogen-bond acceptors (Lipinski definition) is 4. The molecule has 156 valence electrons. The lowest BCUT2D eigenvalue weighted by atomic mass is 9.93. The average Bonchev–Trinajstić information content (AvgIpc) is 3.19. The van der Waals surface area contributed by atoms with Crippen LogP contribution in [0.15, 0.2) is 48.0 Å². The Morgan fingerprint density at radius 2 is 2.00 bits per heavy atom. The SMILES string of the molecule is Cc1ncsc1C(=O)N1CCC[C@H](c2cccc(-c3cccc(C(F)(F)F)c3)n2)C1. The molecule has 0 saturated carbocycles. The molecule has 30 heavy (non-hydrogen) atoms. The van der Waals surface area contributed by atoms with E-state index in [9.17, 15) is 18.0 Å². The van der Waals surface area contributed by atoms with Crippen molar-refractivity contribution >= 4 is 17.2 Å². The van der Waals surface area contributed by atoms with Crippen LogP contribution >= 0.6 is 11.3 Å². The minimum absolute atomic E-state index is 0.0197. The number of carbonyl (C=O) groups is 1. The van der Waals surface area contributed by atoms with E-state index >= 15 is 0 Å². The van der Waals surface area contributed by atoms with E-state index in [-0.39, 0.29) is 11.8 Å². The lowest BCUT2D eigenvalue weighted by molar-refractivity contribution is -0.137. The smallest absolute Gasteiger partial charge is 0.337 e. The van der Waals surface area contributed by atoms with E-state index in [2.05, 4.69) is 9.97 Å². The van der Waals surface area contributed by atoms with Crippen LogP contribution in [0.5, 0.6) is 0 Å². The van der Waals surface area contributed by atoms with E-state index in [1.54, 1.807) is 17.6 Å². The van der Waals surface area contributed by atoms with Gasteiger partial charge >= 0.3 is 6.18 Å². The molecule has 0 bridgehead atoms. The second-order valence-corrected chi connectivity index (χ2v) is 8.24. The van der Waals surface area contributed by atoms with E-state index in [4.69, 9.17) is 0 Å². The summed E-state index contributed by atoms with van der Waals surface area (Å²) in [5.41, 5.74) is 3.43. The molecular weight excluding hydrogens is 411 g/mol. The average molecular weight is 431 g/mol. The number of thiazole rings is 1. The highest BCUT2D eigenvalue weighted by atomic mass is 32.1. The van der Waals surface area contributed by atoms with Crippen LogP contribution in [0.25, 0.3) is 11.3 Å². The van der Waals surface area contributed by atoms with Crippen LogP contribution in [-0.4, -0.2) is 33.9 Å². The van der Waals surface area contributed by atoms with E-state index in [1.165, 1.54) is 17.4 Å². The predicted octanol–water partition coefficient (Wildman–Crippen LogP) is 5.55. The summed E-state index contributed by atoms with van der Waals surface area (Å²) in [4.78, 5) is 24.1. The van der Waals surface area contributed by atoms with Crippen molar-refractivity contribution in [2.75, 3.05) is 13.1 Å². The van der Waals surface area contributed by atoms with Gasteiger partial charge in [0.15, 0.2) is 0 Å². The first kappa shape index (κ1) is 20.5. The second-order valence-electron chi connectivity index (χ2n) is 7.38. The number of amides is 1. The Balaban J connectivity index is 1.57. The zero-order valence-electron chi connectivity index (χ0n) is 16.3. The Hall–Kier alpha value is -2.74. The molecule has 0 N–H and O–H groups in total. The van der Waals surface area contributed by atoms with Gasteiger partial charge in [0, 0.05) is 30.3 Å². The van der Waals surface area contributed by atoms with Gasteiger partial charge in [-0.1, -0.05) is 18.2 Å². The summed E-state index contributed by atoms with van der Waals surface area (Å²) < 4.78 is 39.2. The molecule has 1 aliphatic heterocycles. The zero-order chi connectivity index (χ0) is 21.3. The van der Waals surface area contributed by atoms with Gasteiger partial charge in [-0.25, -0.2) is 4.98 Å². The number of halogens is 3. The molecule has 3 heterocycles. The van der Waals surface area contributed by atoms with Gasteiger partial charge in [0.05, 0.1) is 22.5 Å². The molecule has 0 radical (unpaired) electrons. The predicted molar refractivity (Wildman–Crippen MR) is 109 cm³/mol. The molecule has 0 aliphatic carbocycles. The third-order valence-electron chi connectivity index (χ3n) is 5.32. The van der Waals surface area contributed by atoms with Gasteiger partial charge in [0.2, 0.25) is 0 Å². The molecule has 3 aromatic rings. The Morgan fingerprint density at radius 3 is 2.73 bits per heavy atom. The number of carbonyl (C=O) groups excluding carboxylic acids is 1. The first-order chi connectivity index (χ1) is 14.3. The first-order valence-corrected chi connectivity index (χ1v) is 10.5. The zero-order valence-corrected chi connectivity index (χ0v) is 17.1. The van der Waals surface area contributed by atoms with Crippen LogP contribution in [-0.2, 0) is 6.18 Å². The number of benzene rings is 1. The Kier molecular flexibility index (Phi) is 5.60. The molecule has 0 spiro atoms. The Bertz CT molecular complexity index is 1060. The van der Waals surface area contributed by atoms with Crippen molar-refractivity contribution in [3.63, 3.8) is 0 Å². The molecule has 1 amide bonds. The molecule has 0 unspecified atom stereocenters. The third kappa shape index (κ3) is 4.23. The maximum Gasteiger partial charge on any atom is 0.416 e. The lowest BCUT2D eigenvalue weighted by Gasteiger charge is -2.32. The van der Waals surface area contributed by atoms with Gasteiger partial charge in [-0.15, -0.1) is 11.3 Å². The largest absolute Gasteiger partial charge is 0.416 e. The first-order valence-electron chi connectivity index (χ1n) is 9.67. The van der Waals surface area contributed by atoms with Crippen LogP contribution in [0.1, 0.15) is 45.4 Å². The molecule has 1 aromatic carbocycles. The van der Waals surface area contributed by atoms with Crippen molar-refractivity contribution in [2.45, 2.75) is 31.9 Å². The number of nitrogens with zero attached hydrogens (tertiary/aromatic N) is 3. The van der Waals surface area contributed by atoms with E-state index in [0.29, 0.717) is 29.2 Å². The van der Waals surface area contributed by atoms with Crippen LogP contribution in [0, 0.1) is 6.92 Å². The van der Waals surface area contributed by atoms with Crippen LogP contribution in [0.3, 0.4) is 0 Å². The van der Waals surface area contributed by atoms with Crippen LogP contribution in [0.2, 0.25) is 0 Å². The number of rotatable bonds is 3. The van der Waals surface area contributed by atoms with E-state index in [1.807, 2.05) is 24.0 Å². The molecule has 1 fully saturated rings. The molecular formula is C22H20F3N3OS. The second kappa shape index (κ2) is 8.18. The summed E-state index contributed by atoms with van der Waals surface area (Å²) in [6.07, 6.45) is -2.67. The fourth-order valence-corrected chi connectivity index (χ4v) is 4.52. The van der Waals surface area contributed by atoms with Gasteiger partial charge in [-0.2, -0.15) is 13.2 Å². The van der Waals surface area contributed by atoms with Crippen molar-refractivity contribution in [1.82, 2.24) is 14.9 Å². The summed E-state index contributed by atoms with van der Waals surface area (Å²) >= 11 is 1.34. The molecule has 8 heteroatoms. The van der Waals surface area contributed by atoms with Crippen molar-refractivity contribution in [2.24, 2.45) is 0 Å².